The van der Waals surface area contributed by atoms with Gasteiger partial charge in [0.05, 0.1) is 18.1 Å². The molecule has 2 heterocycles. The first-order chi connectivity index (χ1) is 13.9. The number of benzene rings is 1. The van der Waals surface area contributed by atoms with Crippen LogP contribution < -0.4 is 5.56 Å². The third-order valence-electron chi connectivity index (χ3n) is 5.57. The van der Waals surface area contributed by atoms with Crippen LogP contribution in [0.3, 0.4) is 0 Å². The van der Waals surface area contributed by atoms with E-state index >= 15 is 0 Å². The van der Waals surface area contributed by atoms with Gasteiger partial charge in [-0.2, -0.15) is 5.10 Å². The van der Waals surface area contributed by atoms with Crippen LogP contribution in [0.2, 0.25) is 5.02 Å². The molecule has 29 heavy (non-hydrogen) atoms. The number of carbonyl (C=O) groups is 1. The smallest absolute Gasteiger partial charge is 0.323 e. The van der Waals surface area contributed by atoms with Gasteiger partial charge in [0.15, 0.2) is 0 Å². The summed E-state index contributed by atoms with van der Waals surface area (Å²) in [5.74, 6) is -1.07. The molecule has 7 nitrogen and oxygen atoms in total. The average molecular weight is 413 g/mol. The summed E-state index contributed by atoms with van der Waals surface area (Å²) < 4.78 is 2.87. The van der Waals surface area contributed by atoms with Crippen molar-refractivity contribution in [2.45, 2.75) is 37.6 Å². The average Bonchev–Trinajstić information content (AvgIpc) is 3.35. The fourth-order valence-electron chi connectivity index (χ4n) is 3.77. The molecule has 8 heteroatoms. The van der Waals surface area contributed by atoms with Gasteiger partial charge in [0.2, 0.25) is 0 Å². The lowest BCUT2D eigenvalue weighted by atomic mass is 9.90. The summed E-state index contributed by atoms with van der Waals surface area (Å²) in [4.78, 5) is 28.8. The van der Waals surface area contributed by atoms with E-state index in [1.165, 1.54) is 10.1 Å². The maximum atomic E-state index is 13.0. The van der Waals surface area contributed by atoms with E-state index in [0.29, 0.717) is 28.4 Å². The van der Waals surface area contributed by atoms with Gasteiger partial charge >= 0.3 is 5.97 Å². The third kappa shape index (κ3) is 3.96. The van der Waals surface area contributed by atoms with E-state index in [2.05, 4.69) is 10.1 Å². The van der Waals surface area contributed by atoms with Crippen LogP contribution in [-0.4, -0.2) is 30.4 Å². The Morgan fingerprint density at radius 3 is 2.55 bits per heavy atom. The number of aryl methyl sites for hydroxylation is 2. The molecule has 1 aliphatic rings. The Bertz CT molecular complexity index is 1110. The number of aromatic nitrogens is 4. The van der Waals surface area contributed by atoms with Crippen molar-refractivity contribution < 1.29 is 9.90 Å². The molecule has 0 atom stereocenters. The van der Waals surface area contributed by atoms with Crippen LogP contribution in [0.15, 0.2) is 47.7 Å². The minimum Gasteiger partial charge on any atom is -0.480 e. The summed E-state index contributed by atoms with van der Waals surface area (Å²) in [7, 11) is 1.76. The summed E-state index contributed by atoms with van der Waals surface area (Å²) in [6, 6.07) is 7.85. The lowest BCUT2D eigenvalue weighted by Gasteiger charge is -2.16. The second-order valence-electron chi connectivity index (χ2n) is 7.57. The Labute approximate surface area is 172 Å². The van der Waals surface area contributed by atoms with Crippen molar-refractivity contribution in [3.63, 3.8) is 0 Å². The van der Waals surface area contributed by atoms with Crippen LogP contribution in [0.1, 0.15) is 30.5 Å². The van der Waals surface area contributed by atoms with Crippen LogP contribution >= 0.6 is 11.6 Å². The molecule has 0 amide bonds. The van der Waals surface area contributed by atoms with Crippen molar-refractivity contribution in [3.8, 4) is 11.3 Å². The molecule has 0 aliphatic heterocycles. The zero-order valence-corrected chi connectivity index (χ0v) is 16.8. The molecular formula is C21H21ClN4O3. The van der Waals surface area contributed by atoms with E-state index < -0.39 is 12.5 Å². The molecule has 1 saturated carbocycles. The normalized spacial score (nSPS) is 14.7. The van der Waals surface area contributed by atoms with Gasteiger partial charge in [-0.05, 0) is 48.8 Å². The van der Waals surface area contributed by atoms with Gasteiger partial charge in [-0.25, -0.2) is 0 Å². The number of rotatable bonds is 7. The quantitative estimate of drug-likeness (QED) is 0.644. The standard InChI is InChI=1S/C21H21ClN4O3/c1-25-12-14(10-24-25)18-11-23-17(20(29)26(18)13-19(27)28)6-7-21(8-9-21)15-2-4-16(22)5-3-15/h2-5,10-12H,6-9,13H2,1H3,(H,27,28). The van der Waals surface area contributed by atoms with Gasteiger partial charge in [0.25, 0.3) is 5.56 Å². The molecule has 150 valence electrons. The minimum atomic E-state index is -1.07. The second kappa shape index (κ2) is 7.48. The van der Waals surface area contributed by atoms with Gasteiger partial charge in [0, 0.05) is 23.8 Å². The monoisotopic (exact) mass is 412 g/mol. The zero-order valence-electron chi connectivity index (χ0n) is 16.0. The highest BCUT2D eigenvalue weighted by molar-refractivity contribution is 6.30. The fraction of sp³-hybridized carbons (Fsp3) is 0.333. The molecule has 1 N–H and O–H groups in total. The first-order valence-electron chi connectivity index (χ1n) is 9.43. The number of carboxylic acid groups (broad SMARTS) is 1. The minimum absolute atomic E-state index is 0.0539. The van der Waals surface area contributed by atoms with Crippen molar-refractivity contribution in [1.29, 1.82) is 0 Å². The van der Waals surface area contributed by atoms with Gasteiger partial charge in [-0.1, -0.05) is 23.7 Å². The molecule has 0 radical (unpaired) electrons. The molecule has 0 spiro atoms. The first-order valence-corrected chi connectivity index (χ1v) is 9.81. The van der Waals surface area contributed by atoms with Crippen molar-refractivity contribution >= 4 is 17.6 Å². The van der Waals surface area contributed by atoms with E-state index in [1.54, 1.807) is 30.3 Å². The van der Waals surface area contributed by atoms with E-state index in [0.717, 1.165) is 19.3 Å². The Morgan fingerprint density at radius 2 is 1.97 bits per heavy atom. The maximum absolute atomic E-state index is 13.0. The highest BCUT2D eigenvalue weighted by Gasteiger charge is 2.43. The Morgan fingerprint density at radius 1 is 1.24 bits per heavy atom. The molecule has 1 aromatic carbocycles. The number of aliphatic carboxylic acids is 1. The molecule has 0 bridgehead atoms. The number of hydrogen-bond acceptors (Lipinski definition) is 4. The highest BCUT2D eigenvalue weighted by atomic mass is 35.5. The lowest BCUT2D eigenvalue weighted by Crippen LogP contribution is -2.30. The second-order valence-corrected chi connectivity index (χ2v) is 8.00. The van der Waals surface area contributed by atoms with Crippen LogP contribution in [-0.2, 0) is 30.2 Å². The van der Waals surface area contributed by atoms with E-state index in [-0.39, 0.29) is 11.0 Å². The Hall–Kier alpha value is -2.93. The highest BCUT2D eigenvalue weighted by Crippen LogP contribution is 2.51. The maximum Gasteiger partial charge on any atom is 0.323 e. The molecule has 2 aromatic heterocycles. The van der Waals surface area contributed by atoms with Crippen LogP contribution in [0.5, 0.6) is 0 Å². The van der Waals surface area contributed by atoms with Gasteiger partial charge < -0.3 is 5.11 Å². The van der Waals surface area contributed by atoms with Crippen molar-refractivity contribution in [1.82, 2.24) is 19.3 Å². The van der Waals surface area contributed by atoms with Crippen molar-refractivity contribution in [2.24, 2.45) is 7.05 Å². The topological polar surface area (TPSA) is 90.0 Å². The molecule has 3 aromatic rings. The number of halogens is 1. The molecule has 1 aliphatic carbocycles. The van der Waals surface area contributed by atoms with Gasteiger partial charge in [0.1, 0.15) is 12.2 Å². The molecule has 0 unspecified atom stereocenters. The zero-order chi connectivity index (χ0) is 20.6. The fourth-order valence-corrected chi connectivity index (χ4v) is 3.90. The summed E-state index contributed by atoms with van der Waals surface area (Å²) in [5.41, 5.74) is 2.41. The predicted molar refractivity (Wildman–Crippen MR) is 109 cm³/mol. The number of hydrogen-bond donors (Lipinski definition) is 1. The molecule has 1 fully saturated rings. The van der Waals surface area contributed by atoms with Gasteiger partial charge in [-0.15, -0.1) is 0 Å². The van der Waals surface area contributed by atoms with Crippen LogP contribution in [0.4, 0.5) is 0 Å². The first kappa shape index (κ1) is 19.4. The number of carboxylic acids is 1. The van der Waals surface area contributed by atoms with Crippen molar-refractivity contribution in [3.05, 3.63) is 69.5 Å². The Balaban J connectivity index is 1.62. The van der Waals surface area contributed by atoms with Crippen molar-refractivity contribution in [2.75, 3.05) is 0 Å². The summed E-state index contributed by atoms with van der Waals surface area (Å²) in [6.07, 6.45) is 8.29. The van der Waals surface area contributed by atoms with Gasteiger partial charge in [-0.3, -0.25) is 23.8 Å². The Kier molecular flexibility index (Phi) is 5.00. The summed E-state index contributed by atoms with van der Waals surface area (Å²) in [6.45, 7) is -0.416. The van der Waals surface area contributed by atoms with Crippen LogP contribution in [0, 0.1) is 0 Å². The predicted octanol–water partition coefficient (Wildman–Crippen LogP) is 3.05. The largest absolute Gasteiger partial charge is 0.480 e. The van der Waals surface area contributed by atoms with E-state index in [4.69, 9.17) is 11.6 Å². The SMILES string of the molecule is Cn1cc(-c2cnc(CCC3(c4ccc(Cl)cc4)CC3)c(=O)n2CC(=O)O)cn1. The molecular weight excluding hydrogens is 392 g/mol. The van der Waals surface area contributed by atoms with E-state index in [9.17, 15) is 14.7 Å². The third-order valence-corrected chi connectivity index (χ3v) is 5.82. The molecule has 0 saturated heterocycles. The summed E-state index contributed by atoms with van der Waals surface area (Å²) >= 11 is 5.99. The summed E-state index contributed by atoms with van der Waals surface area (Å²) in [5, 5.41) is 14.1. The molecule has 4 rings (SSSR count). The number of nitrogens with zero attached hydrogens (tertiary/aromatic N) is 4. The lowest BCUT2D eigenvalue weighted by molar-refractivity contribution is -0.137. The van der Waals surface area contributed by atoms with E-state index in [1.807, 2.05) is 24.3 Å². The van der Waals surface area contributed by atoms with Crippen LogP contribution in [0.25, 0.3) is 11.3 Å².